The van der Waals surface area contributed by atoms with Gasteiger partial charge in [-0.1, -0.05) is 11.6 Å². The molecule has 0 saturated heterocycles. The third-order valence-corrected chi connectivity index (χ3v) is 2.34. The molecular formula is C7H9ClN2S. The lowest BCUT2D eigenvalue weighted by Crippen LogP contribution is -2.10. The van der Waals surface area contributed by atoms with Gasteiger partial charge in [0.2, 0.25) is 0 Å². The van der Waals surface area contributed by atoms with Gasteiger partial charge < -0.3 is 0 Å². The average molecular weight is 189 g/mol. The first kappa shape index (κ1) is 8.87. The summed E-state index contributed by atoms with van der Waals surface area (Å²) in [5, 5.41) is 0.784. The van der Waals surface area contributed by atoms with Crippen LogP contribution < -0.4 is 10.7 Å². The number of hydrogen-bond donors (Lipinski definition) is 2. The molecule has 0 bridgehead atoms. The summed E-state index contributed by atoms with van der Waals surface area (Å²) >= 11 is 7.19. The molecule has 0 aliphatic carbocycles. The predicted molar refractivity (Wildman–Crippen MR) is 49.4 cm³/mol. The number of benzene rings is 1. The third kappa shape index (κ3) is 2.38. The third-order valence-electron chi connectivity index (χ3n) is 1.31. The fourth-order valence-electron chi connectivity index (χ4n) is 0.749. The molecule has 2 nitrogen and oxygen atoms in total. The van der Waals surface area contributed by atoms with Crippen molar-refractivity contribution in [2.24, 2.45) is 5.84 Å². The van der Waals surface area contributed by atoms with Gasteiger partial charge in [-0.3, -0.25) is 5.84 Å². The summed E-state index contributed by atoms with van der Waals surface area (Å²) in [6.07, 6.45) is 0. The quantitative estimate of drug-likeness (QED) is 0.424. The highest BCUT2D eigenvalue weighted by atomic mass is 35.5. The number of rotatable bonds is 2. The molecule has 0 aliphatic heterocycles. The van der Waals surface area contributed by atoms with Crippen LogP contribution in [0.1, 0.15) is 5.56 Å². The van der Waals surface area contributed by atoms with Crippen molar-refractivity contribution < 1.29 is 0 Å². The topological polar surface area (TPSA) is 38.0 Å². The van der Waals surface area contributed by atoms with Gasteiger partial charge in [0.1, 0.15) is 0 Å². The van der Waals surface area contributed by atoms with Crippen molar-refractivity contribution in [3.05, 3.63) is 28.8 Å². The van der Waals surface area contributed by atoms with E-state index in [1.54, 1.807) is 0 Å². The van der Waals surface area contributed by atoms with Crippen molar-refractivity contribution in [2.75, 3.05) is 0 Å². The minimum atomic E-state index is 0.784. The van der Waals surface area contributed by atoms with E-state index in [1.165, 1.54) is 11.9 Å². The molecular weight excluding hydrogens is 180 g/mol. The van der Waals surface area contributed by atoms with Gasteiger partial charge in [0.15, 0.2) is 0 Å². The molecule has 1 aromatic carbocycles. The molecule has 0 radical (unpaired) electrons. The maximum atomic E-state index is 5.82. The van der Waals surface area contributed by atoms with Gasteiger partial charge in [-0.05, 0) is 42.6 Å². The molecule has 0 heterocycles. The summed E-state index contributed by atoms with van der Waals surface area (Å²) in [5.74, 6) is 5.13. The second-order valence-electron chi connectivity index (χ2n) is 2.13. The van der Waals surface area contributed by atoms with E-state index in [1.807, 2.05) is 25.1 Å². The Morgan fingerprint density at radius 2 is 2.27 bits per heavy atom. The van der Waals surface area contributed by atoms with Gasteiger partial charge in [0, 0.05) is 9.92 Å². The Bertz CT molecular complexity index is 252. The smallest absolute Gasteiger partial charge is 0.0435 e. The Balaban J connectivity index is 2.86. The molecule has 0 aromatic heterocycles. The van der Waals surface area contributed by atoms with Gasteiger partial charge in [0.05, 0.1) is 0 Å². The summed E-state index contributed by atoms with van der Waals surface area (Å²) in [5.41, 5.74) is 1.06. The van der Waals surface area contributed by atoms with E-state index in [2.05, 4.69) is 4.83 Å². The number of halogens is 1. The lowest BCUT2D eigenvalue weighted by atomic mass is 10.2. The molecule has 0 spiro atoms. The summed E-state index contributed by atoms with van der Waals surface area (Å²) in [4.78, 5) is 3.57. The van der Waals surface area contributed by atoms with Crippen LogP contribution in [0.2, 0.25) is 5.02 Å². The number of hydrogen-bond acceptors (Lipinski definition) is 3. The molecule has 60 valence electrons. The maximum absolute atomic E-state index is 5.82. The number of aryl methyl sites for hydroxylation is 1. The molecule has 3 N–H and O–H groups in total. The standard InChI is InChI=1S/C7H9ClN2S/c1-5-4-6(11-10-9)2-3-7(5)8/h2-4,10H,9H2,1H3. The predicted octanol–water partition coefficient (Wildman–Crippen LogP) is 2.12. The molecule has 0 amide bonds. The molecule has 4 heteroatoms. The van der Waals surface area contributed by atoms with Crippen LogP contribution in [0.5, 0.6) is 0 Å². The lowest BCUT2D eigenvalue weighted by Gasteiger charge is -2.01. The molecule has 0 aliphatic rings. The minimum Gasteiger partial charge on any atom is -0.261 e. The van der Waals surface area contributed by atoms with Gasteiger partial charge in [-0.25, -0.2) is 0 Å². The van der Waals surface area contributed by atoms with Crippen LogP contribution in [0, 0.1) is 6.92 Å². The van der Waals surface area contributed by atoms with E-state index in [0.717, 1.165) is 15.5 Å². The monoisotopic (exact) mass is 188 g/mol. The van der Waals surface area contributed by atoms with Crippen LogP contribution in [-0.4, -0.2) is 0 Å². The molecule has 0 saturated carbocycles. The summed E-state index contributed by atoms with van der Waals surface area (Å²) in [7, 11) is 0. The fraction of sp³-hybridized carbons (Fsp3) is 0.143. The summed E-state index contributed by atoms with van der Waals surface area (Å²) < 4.78 is 0. The van der Waals surface area contributed by atoms with E-state index >= 15 is 0 Å². The number of nitrogens with one attached hydrogen (secondary N) is 1. The van der Waals surface area contributed by atoms with E-state index < -0.39 is 0 Å². The highest BCUT2D eigenvalue weighted by Crippen LogP contribution is 2.21. The molecule has 11 heavy (non-hydrogen) atoms. The summed E-state index contributed by atoms with van der Waals surface area (Å²) in [6.45, 7) is 1.96. The van der Waals surface area contributed by atoms with Gasteiger partial charge in [-0.15, -0.1) is 0 Å². The zero-order chi connectivity index (χ0) is 8.27. The van der Waals surface area contributed by atoms with Crippen molar-refractivity contribution in [3.63, 3.8) is 0 Å². The maximum Gasteiger partial charge on any atom is 0.0435 e. The van der Waals surface area contributed by atoms with E-state index in [4.69, 9.17) is 17.4 Å². The van der Waals surface area contributed by atoms with Gasteiger partial charge in [-0.2, -0.15) is 4.83 Å². The second-order valence-corrected chi connectivity index (χ2v) is 3.45. The first-order valence-electron chi connectivity index (χ1n) is 3.12. The van der Waals surface area contributed by atoms with Gasteiger partial charge in [0.25, 0.3) is 0 Å². The van der Waals surface area contributed by atoms with Gasteiger partial charge >= 0.3 is 0 Å². The Morgan fingerprint density at radius 3 is 2.82 bits per heavy atom. The Kier molecular flexibility index (Phi) is 3.20. The molecule has 0 fully saturated rings. The highest BCUT2D eigenvalue weighted by molar-refractivity contribution is 7.97. The van der Waals surface area contributed by atoms with Crippen molar-refractivity contribution in [2.45, 2.75) is 11.8 Å². The normalized spacial score (nSPS) is 10.1. The van der Waals surface area contributed by atoms with E-state index in [-0.39, 0.29) is 0 Å². The first-order valence-corrected chi connectivity index (χ1v) is 4.32. The van der Waals surface area contributed by atoms with Crippen molar-refractivity contribution in [1.82, 2.24) is 4.83 Å². The highest BCUT2D eigenvalue weighted by Gasteiger charge is 1.96. The average Bonchev–Trinajstić information content (AvgIpc) is 1.98. The molecule has 0 atom stereocenters. The number of nitrogens with two attached hydrogens (primary N) is 1. The Hall–Kier alpha value is -0.220. The first-order chi connectivity index (χ1) is 5.24. The van der Waals surface area contributed by atoms with Crippen LogP contribution in [-0.2, 0) is 0 Å². The van der Waals surface area contributed by atoms with Crippen LogP contribution in [0.4, 0.5) is 0 Å². The molecule has 1 rings (SSSR count). The zero-order valence-corrected chi connectivity index (χ0v) is 7.67. The van der Waals surface area contributed by atoms with Crippen LogP contribution >= 0.6 is 23.5 Å². The van der Waals surface area contributed by atoms with Crippen LogP contribution in [0.25, 0.3) is 0 Å². The second kappa shape index (κ2) is 3.97. The molecule has 1 aromatic rings. The fourth-order valence-corrected chi connectivity index (χ4v) is 1.37. The minimum absolute atomic E-state index is 0.784. The number of hydrazine groups is 1. The Labute approximate surface area is 75.2 Å². The lowest BCUT2D eigenvalue weighted by molar-refractivity contribution is 1.11. The van der Waals surface area contributed by atoms with Crippen LogP contribution in [0.3, 0.4) is 0 Å². The van der Waals surface area contributed by atoms with Crippen molar-refractivity contribution >= 4 is 23.5 Å². The SMILES string of the molecule is Cc1cc(SNN)ccc1Cl. The zero-order valence-electron chi connectivity index (χ0n) is 6.10. The van der Waals surface area contributed by atoms with Crippen LogP contribution in [0.15, 0.2) is 23.1 Å². The van der Waals surface area contributed by atoms with E-state index in [9.17, 15) is 0 Å². The van der Waals surface area contributed by atoms with Crippen molar-refractivity contribution in [1.29, 1.82) is 0 Å². The van der Waals surface area contributed by atoms with Crippen molar-refractivity contribution in [3.8, 4) is 0 Å². The van der Waals surface area contributed by atoms with E-state index in [0.29, 0.717) is 0 Å². The summed E-state index contributed by atoms with van der Waals surface area (Å²) in [6, 6.07) is 5.75. The Morgan fingerprint density at radius 1 is 1.55 bits per heavy atom. The largest absolute Gasteiger partial charge is 0.261 e. The molecule has 0 unspecified atom stereocenters.